The van der Waals surface area contributed by atoms with Gasteiger partial charge in [-0.05, 0) is 107 Å². The Balaban J connectivity index is 1.16. The van der Waals surface area contributed by atoms with Crippen molar-refractivity contribution >= 4 is 90.6 Å². The van der Waals surface area contributed by atoms with Crippen LogP contribution in [0.25, 0.3) is 32.3 Å². The molecule has 282 valence electrons. The SMILES string of the molecule is CC1(C)C2=C3C4C(C=C2)N(c2ccc5ccccc5c2)c2ccc5c6c2[Si]4(C)c2c(cccc2N6c2ccc4ccccc4c2C5(C)C)N3c2ccc3ccccc3c21. The van der Waals surface area contributed by atoms with E-state index in [2.05, 4.69) is 207 Å². The second-order valence-electron chi connectivity index (χ2n) is 19.0. The van der Waals surface area contributed by atoms with Crippen molar-refractivity contribution in [2.45, 2.75) is 56.7 Å². The molecule has 6 aliphatic rings. The van der Waals surface area contributed by atoms with Crippen LogP contribution >= 0.6 is 0 Å². The molecule has 0 saturated heterocycles. The predicted molar refractivity (Wildman–Crippen MR) is 251 cm³/mol. The van der Waals surface area contributed by atoms with Crippen LogP contribution in [-0.4, -0.2) is 14.1 Å². The first kappa shape index (κ1) is 32.6. The van der Waals surface area contributed by atoms with Gasteiger partial charge in [-0.25, -0.2) is 0 Å². The molecule has 0 fully saturated rings. The summed E-state index contributed by atoms with van der Waals surface area (Å²) in [6.07, 6.45) is 5.15. The third-order valence-electron chi connectivity index (χ3n) is 15.6. The minimum atomic E-state index is -2.63. The summed E-state index contributed by atoms with van der Waals surface area (Å²) in [6.45, 7) is 12.7. The molecule has 59 heavy (non-hydrogen) atoms. The molecule has 5 aliphatic heterocycles. The van der Waals surface area contributed by atoms with Crippen LogP contribution in [0.5, 0.6) is 0 Å². The number of hydrogen-bond donors (Lipinski definition) is 0. The van der Waals surface area contributed by atoms with Gasteiger partial charge in [-0.3, -0.25) is 0 Å². The topological polar surface area (TPSA) is 9.72 Å². The summed E-state index contributed by atoms with van der Waals surface area (Å²) in [4.78, 5) is 8.23. The first-order chi connectivity index (χ1) is 28.7. The molecule has 0 aromatic heterocycles. The molecule has 1 aliphatic carbocycles. The number of rotatable bonds is 1. The summed E-state index contributed by atoms with van der Waals surface area (Å²) in [7, 11) is -2.63. The number of nitrogens with zero attached hydrogens (tertiary/aromatic N) is 3. The molecule has 14 rings (SSSR count). The van der Waals surface area contributed by atoms with Crippen LogP contribution in [-0.2, 0) is 10.8 Å². The summed E-state index contributed by atoms with van der Waals surface area (Å²) in [5.41, 5.74) is 16.6. The Hall–Kier alpha value is -6.36. The molecule has 0 amide bonds. The lowest BCUT2D eigenvalue weighted by atomic mass is 9.69. The Morgan fingerprint density at radius 2 is 1.10 bits per heavy atom. The number of benzene rings is 8. The predicted octanol–water partition coefficient (Wildman–Crippen LogP) is 12.9. The van der Waals surface area contributed by atoms with E-state index < -0.39 is 8.07 Å². The van der Waals surface area contributed by atoms with E-state index in [-0.39, 0.29) is 22.4 Å². The minimum Gasteiger partial charge on any atom is -0.334 e. The molecule has 8 aromatic rings. The van der Waals surface area contributed by atoms with Gasteiger partial charge in [0.1, 0.15) is 8.07 Å². The molecule has 0 saturated carbocycles. The van der Waals surface area contributed by atoms with Gasteiger partial charge in [0.05, 0.1) is 23.1 Å². The van der Waals surface area contributed by atoms with Gasteiger partial charge in [0, 0.05) is 44.8 Å². The first-order valence-electron chi connectivity index (χ1n) is 21.4. The molecule has 8 aromatic carbocycles. The third-order valence-corrected chi connectivity index (χ3v) is 20.6. The molecule has 4 heteroatoms. The fourth-order valence-electron chi connectivity index (χ4n) is 13.3. The van der Waals surface area contributed by atoms with Crippen LogP contribution in [0.2, 0.25) is 12.1 Å². The smallest absolute Gasteiger partial charge is 0.137 e. The van der Waals surface area contributed by atoms with Gasteiger partial charge in [0.25, 0.3) is 0 Å². The molecule has 0 N–H and O–H groups in total. The molecule has 3 nitrogen and oxygen atoms in total. The van der Waals surface area contributed by atoms with Crippen molar-refractivity contribution in [2.75, 3.05) is 14.7 Å². The number of anilines is 7. The monoisotopic (exact) mass is 773 g/mol. The largest absolute Gasteiger partial charge is 0.334 e. The van der Waals surface area contributed by atoms with Crippen molar-refractivity contribution in [2.24, 2.45) is 0 Å². The van der Waals surface area contributed by atoms with E-state index in [4.69, 9.17) is 0 Å². The van der Waals surface area contributed by atoms with E-state index in [1.807, 2.05) is 0 Å². The van der Waals surface area contributed by atoms with E-state index in [1.165, 1.54) is 100 Å². The van der Waals surface area contributed by atoms with E-state index in [9.17, 15) is 0 Å². The second kappa shape index (κ2) is 10.4. The van der Waals surface area contributed by atoms with Gasteiger partial charge in [0.15, 0.2) is 0 Å². The zero-order chi connectivity index (χ0) is 39.3. The number of fused-ring (bicyclic) bond motifs is 11. The van der Waals surface area contributed by atoms with Crippen LogP contribution in [0, 0.1) is 0 Å². The number of allylic oxidation sites excluding steroid dienone is 2. The van der Waals surface area contributed by atoms with Crippen LogP contribution in [0.1, 0.15) is 44.4 Å². The van der Waals surface area contributed by atoms with Crippen molar-refractivity contribution in [1.29, 1.82) is 0 Å². The van der Waals surface area contributed by atoms with Crippen molar-refractivity contribution in [3.8, 4) is 0 Å². The Morgan fingerprint density at radius 1 is 0.508 bits per heavy atom. The van der Waals surface area contributed by atoms with E-state index >= 15 is 0 Å². The lowest BCUT2D eigenvalue weighted by Gasteiger charge is -2.64. The van der Waals surface area contributed by atoms with Crippen LogP contribution in [0.15, 0.2) is 169 Å². The molecule has 3 atom stereocenters. The zero-order valence-electron chi connectivity index (χ0n) is 34.0. The van der Waals surface area contributed by atoms with Crippen molar-refractivity contribution < 1.29 is 0 Å². The maximum Gasteiger partial charge on any atom is 0.137 e. The Morgan fingerprint density at radius 3 is 1.83 bits per heavy atom. The highest BCUT2D eigenvalue weighted by Gasteiger charge is 2.65. The molecule has 0 bridgehead atoms. The normalized spacial score (nSPS) is 22.8. The molecule has 0 radical (unpaired) electrons. The fraction of sp³-hybridized carbons (Fsp3) is 0.164. The van der Waals surface area contributed by atoms with Crippen molar-refractivity contribution in [1.82, 2.24) is 0 Å². The maximum atomic E-state index is 2.76. The number of hydrogen-bond acceptors (Lipinski definition) is 3. The van der Waals surface area contributed by atoms with Gasteiger partial charge in [0.2, 0.25) is 0 Å². The van der Waals surface area contributed by atoms with Crippen LogP contribution in [0.4, 0.5) is 39.8 Å². The standard InChI is InChI=1S/C55H43N3Si/c1-54(2)39-25-29-45-52-49(39)57(41-27-22-33-14-8-10-17-37(33)47(41)54)43-19-12-20-44-51(43)59(52,5)53-46(56(45)36-24-21-32-13-6-7-16-35(32)31-36)30-26-40-50(53)58(44)42-28-23-34-15-9-11-18-38(34)48(42)55(40,3)4/h6-31,45,52H,1-5H3. The van der Waals surface area contributed by atoms with Crippen molar-refractivity contribution in [3.63, 3.8) is 0 Å². The minimum absolute atomic E-state index is 0.151. The highest BCUT2D eigenvalue weighted by Crippen LogP contribution is 2.66. The van der Waals surface area contributed by atoms with Gasteiger partial charge >= 0.3 is 0 Å². The molecule has 0 spiro atoms. The fourth-order valence-corrected chi connectivity index (χ4v) is 18.9. The summed E-state index contributed by atoms with van der Waals surface area (Å²) in [5, 5.41) is 11.0. The lowest BCUT2D eigenvalue weighted by Crippen LogP contribution is -2.75. The summed E-state index contributed by atoms with van der Waals surface area (Å²) in [5.74, 6) is 0. The molecular weight excluding hydrogens is 731 g/mol. The van der Waals surface area contributed by atoms with Crippen molar-refractivity contribution in [3.05, 3.63) is 186 Å². The Kier molecular flexibility index (Phi) is 5.76. The van der Waals surface area contributed by atoms with Gasteiger partial charge in [-0.2, -0.15) is 0 Å². The van der Waals surface area contributed by atoms with Crippen LogP contribution in [0.3, 0.4) is 0 Å². The third kappa shape index (κ3) is 3.61. The molecule has 5 heterocycles. The molecule has 3 unspecified atom stereocenters. The van der Waals surface area contributed by atoms with Gasteiger partial charge in [-0.15, -0.1) is 0 Å². The zero-order valence-corrected chi connectivity index (χ0v) is 35.0. The highest BCUT2D eigenvalue weighted by atomic mass is 28.3. The van der Waals surface area contributed by atoms with E-state index in [0.717, 1.165) is 0 Å². The second-order valence-corrected chi connectivity index (χ2v) is 23.1. The molecular formula is C55H43N3Si. The first-order valence-corrected chi connectivity index (χ1v) is 23.9. The average Bonchev–Trinajstić information content (AvgIpc) is 3.25. The summed E-state index contributed by atoms with van der Waals surface area (Å²) in [6, 6.07) is 56.1. The van der Waals surface area contributed by atoms with E-state index in [1.54, 1.807) is 10.4 Å². The average molecular weight is 774 g/mol. The Labute approximate surface area is 346 Å². The quantitative estimate of drug-likeness (QED) is 0.154. The highest BCUT2D eigenvalue weighted by molar-refractivity contribution is 7.07. The van der Waals surface area contributed by atoms with E-state index in [0.29, 0.717) is 0 Å². The van der Waals surface area contributed by atoms with Gasteiger partial charge < -0.3 is 14.7 Å². The summed E-state index contributed by atoms with van der Waals surface area (Å²) >= 11 is 0. The van der Waals surface area contributed by atoms with Crippen LogP contribution < -0.4 is 25.1 Å². The Bertz CT molecular complexity index is 3350. The maximum absolute atomic E-state index is 2.76. The van der Waals surface area contributed by atoms with Gasteiger partial charge in [-0.1, -0.05) is 150 Å². The lowest BCUT2D eigenvalue weighted by molar-refractivity contribution is 0.588. The summed E-state index contributed by atoms with van der Waals surface area (Å²) < 4.78 is 0.